The van der Waals surface area contributed by atoms with E-state index in [0.717, 1.165) is 16.9 Å². The summed E-state index contributed by atoms with van der Waals surface area (Å²) in [5.74, 6) is 6.27. The van der Waals surface area contributed by atoms with Gasteiger partial charge in [0.25, 0.3) is 0 Å². The second-order valence-corrected chi connectivity index (χ2v) is 4.00. The Morgan fingerprint density at radius 2 is 1.94 bits per heavy atom. The van der Waals surface area contributed by atoms with Gasteiger partial charge in [0, 0.05) is 11.8 Å². The smallest absolute Gasteiger partial charge is 0.154 e. The Kier molecular flexibility index (Phi) is 2.54. The molecule has 0 radical (unpaired) electrons. The standard InChI is InChI=1S/C15H11N3/c1-12-5-2-3-6-13(12)8-9-14-11-16-15-7-4-10-17-18(14)15/h2-7,10-11H,1H3. The highest BCUT2D eigenvalue weighted by atomic mass is 15.2. The number of benzene rings is 1. The summed E-state index contributed by atoms with van der Waals surface area (Å²) in [6.07, 6.45) is 3.47. The maximum atomic E-state index is 4.25. The normalized spacial score (nSPS) is 10.1. The minimum absolute atomic E-state index is 0.800. The van der Waals surface area contributed by atoms with Crippen LogP contribution < -0.4 is 0 Å². The Hall–Kier alpha value is -2.60. The second kappa shape index (κ2) is 4.34. The first-order valence-corrected chi connectivity index (χ1v) is 5.71. The minimum Gasteiger partial charge on any atom is -0.234 e. The molecular weight excluding hydrogens is 222 g/mol. The van der Waals surface area contributed by atoms with Gasteiger partial charge in [0.05, 0.1) is 6.20 Å². The summed E-state index contributed by atoms with van der Waals surface area (Å²) < 4.78 is 1.74. The SMILES string of the molecule is Cc1ccccc1C#Cc1cnc2cccnn12. The van der Waals surface area contributed by atoms with Crippen molar-refractivity contribution in [1.29, 1.82) is 0 Å². The lowest BCUT2D eigenvalue weighted by Gasteiger charge is -1.95. The summed E-state index contributed by atoms with van der Waals surface area (Å²) in [6.45, 7) is 2.05. The molecule has 0 aliphatic carbocycles. The molecule has 0 spiro atoms. The molecule has 0 fully saturated rings. The number of hydrogen-bond acceptors (Lipinski definition) is 2. The summed E-state index contributed by atoms with van der Waals surface area (Å²) >= 11 is 0. The van der Waals surface area contributed by atoms with Crippen molar-refractivity contribution in [2.24, 2.45) is 0 Å². The van der Waals surface area contributed by atoms with E-state index in [1.54, 1.807) is 16.9 Å². The van der Waals surface area contributed by atoms with Gasteiger partial charge in [-0.2, -0.15) is 5.10 Å². The lowest BCUT2D eigenvalue weighted by Crippen LogP contribution is -1.92. The van der Waals surface area contributed by atoms with Crippen molar-refractivity contribution in [2.45, 2.75) is 6.92 Å². The molecule has 3 aromatic rings. The molecule has 0 saturated carbocycles. The minimum atomic E-state index is 0.800. The highest BCUT2D eigenvalue weighted by Gasteiger charge is 1.99. The molecule has 2 heterocycles. The quantitative estimate of drug-likeness (QED) is 0.558. The fourth-order valence-electron chi connectivity index (χ4n) is 1.76. The fourth-order valence-corrected chi connectivity index (χ4v) is 1.76. The van der Waals surface area contributed by atoms with E-state index in [4.69, 9.17) is 0 Å². The van der Waals surface area contributed by atoms with Gasteiger partial charge in [0.1, 0.15) is 5.69 Å². The van der Waals surface area contributed by atoms with Crippen LogP contribution in [0.2, 0.25) is 0 Å². The summed E-state index contributed by atoms with van der Waals surface area (Å²) in [7, 11) is 0. The van der Waals surface area contributed by atoms with Crippen LogP contribution in [0, 0.1) is 18.8 Å². The van der Waals surface area contributed by atoms with Crippen molar-refractivity contribution >= 4 is 5.65 Å². The number of nitrogens with zero attached hydrogens (tertiary/aromatic N) is 3. The maximum Gasteiger partial charge on any atom is 0.154 e. The van der Waals surface area contributed by atoms with E-state index in [-0.39, 0.29) is 0 Å². The number of aryl methyl sites for hydroxylation is 1. The van der Waals surface area contributed by atoms with Crippen molar-refractivity contribution < 1.29 is 0 Å². The molecule has 18 heavy (non-hydrogen) atoms. The Bertz CT molecular complexity index is 760. The summed E-state index contributed by atoms with van der Waals surface area (Å²) in [6, 6.07) is 11.8. The van der Waals surface area contributed by atoms with Crippen molar-refractivity contribution in [3.05, 3.63) is 65.6 Å². The Morgan fingerprint density at radius 3 is 2.83 bits per heavy atom. The predicted molar refractivity (Wildman–Crippen MR) is 70.1 cm³/mol. The average molecular weight is 233 g/mol. The van der Waals surface area contributed by atoms with Crippen LogP contribution in [0.25, 0.3) is 5.65 Å². The average Bonchev–Trinajstić information content (AvgIpc) is 2.81. The number of aromatic nitrogens is 3. The van der Waals surface area contributed by atoms with Crippen LogP contribution in [-0.2, 0) is 0 Å². The molecular formula is C15H11N3. The number of imidazole rings is 1. The molecule has 2 aromatic heterocycles. The molecule has 0 aliphatic heterocycles. The third kappa shape index (κ3) is 1.85. The van der Waals surface area contributed by atoms with E-state index >= 15 is 0 Å². The van der Waals surface area contributed by atoms with Crippen LogP contribution in [0.15, 0.2) is 48.8 Å². The van der Waals surface area contributed by atoms with E-state index in [1.165, 1.54) is 5.56 Å². The Labute approximate surface area is 105 Å². The Balaban J connectivity index is 2.06. The monoisotopic (exact) mass is 233 g/mol. The first kappa shape index (κ1) is 10.5. The number of fused-ring (bicyclic) bond motifs is 1. The van der Waals surface area contributed by atoms with Crippen LogP contribution >= 0.6 is 0 Å². The van der Waals surface area contributed by atoms with E-state index in [2.05, 4.69) is 34.9 Å². The van der Waals surface area contributed by atoms with Crippen molar-refractivity contribution in [2.75, 3.05) is 0 Å². The topological polar surface area (TPSA) is 30.2 Å². The Morgan fingerprint density at radius 1 is 1.06 bits per heavy atom. The number of hydrogen-bond donors (Lipinski definition) is 0. The van der Waals surface area contributed by atoms with Gasteiger partial charge in [0.2, 0.25) is 0 Å². The third-order valence-electron chi connectivity index (χ3n) is 2.75. The molecule has 86 valence electrons. The van der Waals surface area contributed by atoms with E-state index in [0.29, 0.717) is 0 Å². The molecule has 0 aliphatic rings. The van der Waals surface area contributed by atoms with Gasteiger partial charge in [-0.25, -0.2) is 9.50 Å². The van der Waals surface area contributed by atoms with Gasteiger partial charge >= 0.3 is 0 Å². The van der Waals surface area contributed by atoms with Crippen LogP contribution in [0.1, 0.15) is 16.8 Å². The van der Waals surface area contributed by atoms with E-state index in [9.17, 15) is 0 Å². The van der Waals surface area contributed by atoms with Crippen molar-refractivity contribution in [3.63, 3.8) is 0 Å². The van der Waals surface area contributed by atoms with Crippen LogP contribution in [0.3, 0.4) is 0 Å². The highest BCUT2D eigenvalue weighted by Crippen LogP contribution is 2.06. The van der Waals surface area contributed by atoms with Crippen molar-refractivity contribution in [3.8, 4) is 11.8 Å². The maximum absolute atomic E-state index is 4.25. The number of rotatable bonds is 0. The zero-order valence-corrected chi connectivity index (χ0v) is 9.96. The van der Waals surface area contributed by atoms with Gasteiger partial charge < -0.3 is 0 Å². The first-order chi connectivity index (χ1) is 8.84. The van der Waals surface area contributed by atoms with Crippen LogP contribution in [0.5, 0.6) is 0 Å². The zero-order valence-electron chi connectivity index (χ0n) is 9.96. The van der Waals surface area contributed by atoms with Crippen molar-refractivity contribution in [1.82, 2.24) is 14.6 Å². The van der Waals surface area contributed by atoms with E-state index in [1.807, 2.05) is 30.3 Å². The largest absolute Gasteiger partial charge is 0.234 e. The van der Waals surface area contributed by atoms with Crippen LogP contribution in [0.4, 0.5) is 0 Å². The fraction of sp³-hybridized carbons (Fsp3) is 0.0667. The van der Waals surface area contributed by atoms with Crippen LogP contribution in [-0.4, -0.2) is 14.6 Å². The van der Waals surface area contributed by atoms with Gasteiger partial charge in [-0.3, -0.25) is 0 Å². The third-order valence-corrected chi connectivity index (χ3v) is 2.75. The van der Waals surface area contributed by atoms with Gasteiger partial charge in [-0.05, 0) is 36.6 Å². The zero-order chi connectivity index (χ0) is 12.4. The van der Waals surface area contributed by atoms with Gasteiger partial charge in [0.15, 0.2) is 5.65 Å². The molecule has 0 bridgehead atoms. The predicted octanol–water partition coefficient (Wildman–Crippen LogP) is 2.44. The van der Waals surface area contributed by atoms with Gasteiger partial charge in [-0.15, -0.1) is 0 Å². The molecule has 0 unspecified atom stereocenters. The molecule has 0 saturated heterocycles. The molecule has 0 amide bonds. The summed E-state index contributed by atoms with van der Waals surface area (Å²) in [4.78, 5) is 4.25. The first-order valence-electron chi connectivity index (χ1n) is 5.71. The molecule has 0 N–H and O–H groups in total. The lowest BCUT2D eigenvalue weighted by atomic mass is 10.1. The highest BCUT2D eigenvalue weighted by molar-refractivity contribution is 5.47. The second-order valence-electron chi connectivity index (χ2n) is 4.00. The van der Waals surface area contributed by atoms with Gasteiger partial charge in [-0.1, -0.05) is 24.1 Å². The molecule has 3 heteroatoms. The molecule has 0 atom stereocenters. The van der Waals surface area contributed by atoms with E-state index < -0.39 is 0 Å². The summed E-state index contributed by atoms with van der Waals surface area (Å²) in [5, 5.41) is 4.23. The molecule has 3 nitrogen and oxygen atoms in total. The molecule has 1 aromatic carbocycles. The summed E-state index contributed by atoms with van der Waals surface area (Å²) in [5.41, 5.74) is 3.82. The molecule has 3 rings (SSSR count). The lowest BCUT2D eigenvalue weighted by molar-refractivity contribution is 0.923.